The number of rotatable bonds is 7. The molecule has 1 N–H and O–H groups in total. The predicted molar refractivity (Wildman–Crippen MR) is 140 cm³/mol. The lowest BCUT2D eigenvalue weighted by atomic mass is 10.0. The van der Waals surface area contributed by atoms with Crippen molar-refractivity contribution in [2.24, 2.45) is 4.99 Å². The zero-order valence-corrected chi connectivity index (χ0v) is 21.6. The second-order valence-corrected chi connectivity index (χ2v) is 11.0. The number of fused-ring (bicyclic) bond motifs is 1. The van der Waals surface area contributed by atoms with E-state index in [1.54, 1.807) is 41.0 Å². The van der Waals surface area contributed by atoms with Gasteiger partial charge in [0.15, 0.2) is 4.80 Å². The van der Waals surface area contributed by atoms with Crippen molar-refractivity contribution in [3.8, 4) is 0 Å². The van der Waals surface area contributed by atoms with Crippen LogP contribution in [0.4, 0.5) is 5.69 Å². The van der Waals surface area contributed by atoms with Crippen LogP contribution in [-0.2, 0) is 26.1 Å². The number of sulfonamides is 1. The number of nitrogens with zero attached hydrogens (tertiary/aromatic N) is 2. The molecular weight excluding hydrogens is 498 g/mol. The molecule has 1 amide bonds. The lowest BCUT2D eigenvalue weighted by molar-refractivity contribution is -0.141. The third-order valence-electron chi connectivity index (χ3n) is 5.50. The summed E-state index contributed by atoms with van der Waals surface area (Å²) in [7, 11) is -2.51. The molecule has 0 bridgehead atoms. The van der Waals surface area contributed by atoms with E-state index in [4.69, 9.17) is 4.74 Å². The molecule has 0 radical (unpaired) electrons. The van der Waals surface area contributed by atoms with Crippen LogP contribution in [-0.4, -0.2) is 32.0 Å². The van der Waals surface area contributed by atoms with E-state index in [9.17, 15) is 18.0 Å². The molecule has 36 heavy (non-hydrogen) atoms. The molecule has 4 rings (SSSR count). The van der Waals surface area contributed by atoms with E-state index in [1.165, 1.54) is 36.6 Å². The first-order valence-electron chi connectivity index (χ1n) is 11.1. The van der Waals surface area contributed by atoms with Crippen molar-refractivity contribution >= 4 is 49.1 Å². The number of ether oxygens (including phenoxy) is 1. The Balaban J connectivity index is 1.71. The number of thiazole rings is 1. The molecule has 186 valence electrons. The summed E-state index contributed by atoms with van der Waals surface area (Å²) in [5, 5.41) is 0. The fourth-order valence-electron chi connectivity index (χ4n) is 3.56. The van der Waals surface area contributed by atoms with E-state index in [0.29, 0.717) is 10.7 Å². The molecular formula is C26H25N3O5S2. The van der Waals surface area contributed by atoms with Crippen molar-refractivity contribution < 1.29 is 22.7 Å². The van der Waals surface area contributed by atoms with Crippen LogP contribution in [0.3, 0.4) is 0 Å². The standard InChI is InChI=1S/C26H25N3O5S2/c1-17(2)18-12-13-22-23(15-18)35-26(29(22)16-24(30)34-3)27-25(31)19-8-7-9-20(14-19)28-36(32,33)21-10-5-4-6-11-21/h4-15,17,28H,16H2,1-3H3. The largest absolute Gasteiger partial charge is 0.468 e. The topological polar surface area (TPSA) is 107 Å². The van der Waals surface area contributed by atoms with Crippen LogP contribution in [0.15, 0.2) is 82.7 Å². The van der Waals surface area contributed by atoms with Crippen molar-refractivity contribution in [2.75, 3.05) is 11.8 Å². The number of methoxy groups -OCH3 is 1. The highest BCUT2D eigenvalue weighted by Gasteiger charge is 2.16. The third kappa shape index (κ3) is 5.55. The maximum atomic E-state index is 13.1. The Morgan fingerprint density at radius 3 is 2.47 bits per heavy atom. The van der Waals surface area contributed by atoms with Crippen molar-refractivity contribution in [2.45, 2.75) is 31.2 Å². The zero-order valence-electron chi connectivity index (χ0n) is 20.0. The van der Waals surface area contributed by atoms with E-state index in [0.717, 1.165) is 15.8 Å². The molecule has 4 aromatic rings. The maximum absolute atomic E-state index is 13.1. The number of carbonyl (C=O) groups excluding carboxylic acids is 2. The van der Waals surface area contributed by atoms with Gasteiger partial charge in [-0.15, -0.1) is 0 Å². The van der Waals surface area contributed by atoms with Gasteiger partial charge in [-0.2, -0.15) is 4.99 Å². The molecule has 8 nitrogen and oxygen atoms in total. The highest BCUT2D eigenvalue weighted by Crippen LogP contribution is 2.24. The fourth-order valence-corrected chi connectivity index (χ4v) is 5.71. The zero-order chi connectivity index (χ0) is 25.9. The van der Waals surface area contributed by atoms with Crippen LogP contribution in [0.25, 0.3) is 10.2 Å². The number of hydrogen-bond acceptors (Lipinski definition) is 6. The van der Waals surface area contributed by atoms with Gasteiger partial charge in [-0.05, 0) is 53.9 Å². The second kappa shape index (κ2) is 10.5. The number of nitrogens with one attached hydrogen (secondary N) is 1. The SMILES string of the molecule is COC(=O)Cn1c(=NC(=O)c2cccc(NS(=O)(=O)c3ccccc3)c2)sc2cc(C(C)C)ccc21. The number of hydrogen-bond donors (Lipinski definition) is 1. The van der Waals surface area contributed by atoms with Crippen molar-refractivity contribution in [3.05, 3.63) is 88.7 Å². The maximum Gasteiger partial charge on any atom is 0.325 e. The van der Waals surface area contributed by atoms with Crippen molar-refractivity contribution in [1.82, 2.24) is 4.57 Å². The summed E-state index contributed by atoms with van der Waals surface area (Å²) in [5.41, 5.74) is 2.34. The summed E-state index contributed by atoms with van der Waals surface area (Å²) >= 11 is 1.30. The van der Waals surface area contributed by atoms with E-state index >= 15 is 0 Å². The lowest BCUT2D eigenvalue weighted by Gasteiger charge is -2.08. The highest BCUT2D eigenvalue weighted by atomic mass is 32.2. The monoisotopic (exact) mass is 523 g/mol. The predicted octanol–water partition coefficient (Wildman–Crippen LogP) is 4.54. The molecule has 0 saturated carbocycles. The second-order valence-electron chi connectivity index (χ2n) is 8.35. The molecule has 1 heterocycles. The molecule has 0 aliphatic heterocycles. The molecule has 0 spiro atoms. The minimum atomic E-state index is -3.81. The molecule has 0 aliphatic rings. The van der Waals surface area contributed by atoms with E-state index in [1.807, 2.05) is 18.2 Å². The molecule has 0 saturated heterocycles. The van der Waals surface area contributed by atoms with Gasteiger partial charge >= 0.3 is 5.97 Å². The Morgan fingerprint density at radius 2 is 1.78 bits per heavy atom. The van der Waals surface area contributed by atoms with E-state index in [-0.39, 0.29) is 22.7 Å². The van der Waals surface area contributed by atoms with Gasteiger partial charge in [0.05, 0.1) is 22.2 Å². The van der Waals surface area contributed by atoms with Crippen LogP contribution in [0, 0.1) is 0 Å². The van der Waals surface area contributed by atoms with Gasteiger partial charge in [-0.25, -0.2) is 8.42 Å². The first-order valence-corrected chi connectivity index (χ1v) is 13.4. The van der Waals surface area contributed by atoms with Gasteiger partial charge in [0, 0.05) is 11.3 Å². The van der Waals surface area contributed by atoms with Crippen LogP contribution in [0.2, 0.25) is 0 Å². The number of amides is 1. The normalized spacial score (nSPS) is 12.2. The van der Waals surface area contributed by atoms with Gasteiger partial charge in [-0.1, -0.05) is 55.5 Å². The van der Waals surface area contributed by atoms with Crippen LogP contribution < -0.4 is 9.52 Å². The molecule has 0 aliphatic carbocycles. The lowest BCUT2D eigenvalue weighted by Crippen LogP contribution is -2.22. The summed E-state index contributed by atoms with van der Waals surface area (Å²) < 4.78 is 35.2. The number of benzene rings is 3. The average molecular weight is 524 g/mol. The quantitative estimate of drug-likeness (QED) is 0.358. The Bertz CT molecular complexity index is 1600. The Kier molecular flexibility index (Phi) is 7.37. The fraction of sp³-hybridized carbons (Fsp3) is 0.192. The average Bonchev–Trinajstić information content (AvgIpc) is 3.20. The summed E-state index contributed by atoms with van der Waals surface area (Å²) in [6, 6.07) is 20.0. The van der Waals surface area contributed by atoms with Crippen LogP contribution >= 0.6 is 11.3 Å². The van der Waals surface area contributed by atoms with Gasteiger partial charge < -0.3 is 9.30 Å². The van der Waals surface area contributed by atoms with Crippen molar-refractivity contribution in [1.29, 1.82) is 0 Å². The van der Waals surface area contributed by atoms with Crippen molar-refractivity contribution in [3.63, 3.8) is 0 Å². The summed E-state index contributed by atoms with van der Waals surface area (Å²) in [6.07, 6.45) is 0. The van der Waals surface area contributed by atoms with Crippen LogP contribution in [0.1, 0.15) is 35.7 Å². The third-order valence-corrected chi connectivity index (χ3v) is 7.94. The van der Waals surface area contributed by atoms with Gasteiger partial charge in [0.25, 0.3) is 15.9 Å². The first kappa shape index (κ1) is 25.3. The number of esters is 1. The number of anilines is 1. The van der Waals surface area contributed by atoms with Gasteiger partial charge in [-0.3, -0.25) is 14.3 Å². The Morgan fingerprint density at radius 1 is 1.03 bits per heavy atom. The summed E-state index contributed by atoms with van der Waals surface area (Å²) in [5.74, 6) is -0.714. The Hall–Kier alpha value is -3.76. The Labute approximate surface area is 212 Å². The summed E-state index contributed by atoms with van der Waals surface area (Å²) in [6.45, 7) is 4.08. The minimum absolute atomic E-state index is 0.0967. The van der Waals surface area contributed by atoms with E-state index < -0.39 is 21.9 Å². The first-order chi connectivity index (χ1) is 17.2. The molecule has 10 heteroatoms. The number of carbonyl (C=O) groups is 2. The molecule has 1 aromatic heterocycles. The minimum Gasteiger partial charge on any atom is -0.468 e. The highest BCUT2D eigenvalue weighted by molar-refractivity contribution is 7.92. The van der Waals surface area contributed by atoms with Gasteiger partial charge in [0.2, 0.25) is 0 Å². The molecule has 3 aromatic carbocycles. The number of aromatic nitrogens is 1. The van der Waals surface area contributed by atoms with Gasteiger partial charge in [0.1, 0.15) is 6.54 Å². The molecule has 0 atom stereocenters. The summed E-state index contributed by atoms with van der Waals surface area (Å²) in [4.78, 5) is 29.9. The molecule has 0 fully saturated rings. The molecule has 0 unspecified atom stereocenters. The van der Waals surface area contributed by atoms with E-state index in [2.05, 4.69) is 23.6 Å². The van der Waals surface area contributed by atoms with Crippen LogP contribution in [0.5, 0.6) is 0 Å². The smallest absolute Gasteiger partial charge is 0.325 e.